The van der Waals surface area contributed by atoms with Crippen molar-refractivity contribution in [2.24, 2.45) is 0 Å². The van der Waals surface area contributed by atoms with Crippen LogP contribution in [0.15, 0.2) is 48.5 Å². The van der Waals surface area contributed by atoms with Crippen LogP contribution >= 0.6 is 0 Å². The quantitative estimate of drug-likeness (QED) is 0.722. The predicted octanol–water partition coefficient (Wildman–Crippen LogP) is 4.02. The highest BCUT2D eigenvalue weighted by Crippen LogP contribution is 2.23. The third kappa shape index (κ3) is 7.04. The molecule has 2 N–H and O–H groups in total. The van der Waals surface area contributed by atoms with Gasteiger partial charge in [0.1, 0.15) is 12.4 Å². The average molecular weight is 412 g/mol. The molecule has 0 bridgehead atoms. The Morgan fingerprint density at radius 2 is 1.83 bits per heavy atom. The lowest BCUT2D eigenvalue weighted by molar-refractivity contribution is 0.0322. The monoisotopic (exact) mass is 411 g/mol. The number of benzene rings is 2. The third-order valence-corrected chi connectivity index (χ3v) is 5.14. The molecule has 30 heavy (non-hydrogen) atoms. The zero-order chi connectivity index (χ0) is 21.4. The van der Waals surface area contributed by atoms with Crippen molar-refractivity contribution in [1.82, 2.24) is 10.2 Å². The Morgan fingerprint density at radius 3 is 2.53 bits per heavy atom. The first-order chi connectivity index (χ1) is 14.4. The lowest BCUT2D eigenvalue weighted by Gasteiger charge is -2.26. The number of morpholine rings is 1. The van der Waals surface area contributed by atoms with E-state index >= 15 is 0 Å². The van der Waals surface area contributed by atoms with Crippen LogP contribution in [-0.2, 0) is 16.7 Å². The van der Waals surface area contributed by atoms with E-state index in [9.17, 15) is 4.79 Å². The summed E-state index contributed by atoms with van der Waals surface area (Å²) < 4.78 is 11.2. The zero-order valence-corrected chi connectivity index (χ0v) is 18.2. The van der Waals surface area contributed by atoms with E-state index < -0.39 is 0 Å². The van der Waals surface area contributed by atoms with E-state index in [0.29, 0.717) is 13.2 Å². The fourth-order valence-corrected chi connectivity index (χ4v) is 3.27. The van der Waals surface area contributed by atoms with Crippen LogP contribution in [0.25, 0.3) is 0 Å². The van der Waals surface area contributed by atoms with Crippen molar-refractivity contribution in [2.45, 2.75) is 32.7 Å². The maximum Gasteiger partial charge on any atom is 0.319 e. The molecule has 2 amide bonds. The van der Waals surface area contributed by atoms with Crippen LogP contribution in [0.2, 0.25) is 0 Å². The number of amides is 2. The highest BCUT2D eigenvalue weighted by Gasteiger charge is 2.13. The second kappa shape index (κ2) is 10.5. The summed E-state index contributed by atoms with van der Waals surface area (Å²) >= 11 is 0. The smallest absolute Gasteiger partial charge is 0.319 e. The SMILES string of the molecule is CC(C)(C)c1ccc(NC(=O)NCc2cccc(OCCN3CCOCC3)c2)cc1. The van der Waals surface area contributed by atoms with Crippen molar-refractivity contribution in [2.75, 3.05) is 44.8 Å². The van der Waals surface area contributed by atoms with Gasteiger partial charge in [0, 0.05) is 31.9 Å². The van der Waals surface area contributed by atoms with Gasteiger partial charge in [0.2, 0.25) is 0 Å². The van der Waals surface area contributed by atoms with E-state index in [1.54, 1.807) is 0 Å². The van der Waals surface area contributed by atoms with Gasteiger partial charge in [0.05, 0.1) is 13.2 Å². The summed E-state index contributed by atoms with van der Waals surface area (Å²) in [5, 5.41) is 5.78. The fraction of sp³-hybridized carbons (Fsp3) is 0.458. The number of anilines is 1. The fourth-order valence-electron chi connectivity index (χ4n) is 3.27. The number of nitrogens with zero attached hydrogens (tertiary/aromatic N) is 1. The summed E-state index contributed by atoms with van der Waals surface area (Å²) in [6, 6.07) is 15.6. The van der Waals surface area contributed by atoms with E-state index in [1.165, 1.54) is 5.56 Å². The molecule has 1 saturated heterocycles. The molecule has 0 atom stereocenters. The van der Waals surface area contributed by atoms with Crippen LogP contribution in [0.4, 0.5) is 10.5 Å². The number of nitrogens with one attached hydrogen (secondary N) is 2. The van der Waals surface area contributed by atoms with E-state index in [2.05, 4.69) is 36.3 Å². The molecule has 3 rings (SSSR count). The maximum atomic E-state index is 12.2. The Hall–Kier alpha value is -2.57. The van der Waals surface area contributed by atoms with Gasteiger partial charge in [-0.25, -0.2) is 4.79 Å². The summed E-state index contributed by atoms with van der Waals surface area (Å²) in [5.74, 6) is 0.820. The number of hydrogen-bond acceptors (Lipinski definition) is 4. The van der Waals surface area contributed by atoms with Crippen LogP contribution in [0.3, 0.4) is 0 Å². The largest absolute Gasteiger partial charge is 0.492 e. The van der Waals surface area contributed by atoms with Crippen LogP contribution in [0, 0.1) is 0 Å². The lowest BCUT2D eigenvalue weighted by atomic mass is 9.87. The molecule has 2 aromatic carbocycles. The second-order valence-corrected chi connectivity index (χ2v) is 8.58. The standard InChI is InChI=1S/C24H33N3O3/c1-24(2,3)20-7-9-21(10-8-20)26-23(28)25-18-19-5-4-6-22(17-19)30-16-13-27-11-14-29-15-12-27/h4-10,17H,11-16,18H2,1-3H3,(H2,25,26,28). The molecule has 1 fully saturated rings. The number of carbonyl (C=O) groups excluding carboxylic acids is 1. The van der Waals surface area contributed by atoms with Gasteiger partial charge in [-0.2, -0.15) is 0 Å². The van der Waals surface area contributed by atoms with Gasteiger partial charge >= 0.3 is 6.03 Å². The van der Waals surface area contributed by atoms with Crippen LogP contribution in [0.5, 0.6) is 5.75 Å². The topological polar surface area (TPSA) is 62.8 Å². The van der Waals surface area contributed by atoms with Crippen molar-refractivity contribution in [1.29, 1.82) is 0 Å². The molecule has 162 valence electrons. The Balaban J connectivity index is 1.42. The number of ether oxygens (including phenoxy) is 2. The minimum absolute atomic E-state index is 0.0933. The molecule has 0 aromatic heterocycles. The van der Waals surface area contributed by atoms with Crippen molar-refractivity contribution in [3.8, 4) is 5.75 Å². The molecule has 2 aromatic rings. The van der Waals surface area contributed by atoms with Crippen molar-refractivity contribution >= 4 is 11.7 Å². The molecule has 1 aliphatic rings. The summed E-state index contributed by atoms with van der Waals surface area (Å²) in [4.78, 5) is 14.6. The summed E-state index contributed by atoms with van der Waals surface area (Å²) in [6.45, 7) is 12.0. The van der Waals surface area contributed by atoms with E-state index in [-0.39, 0.29) is 11.4 Å². The van der Waals surface area contributed by atoms with Gasteiger partial charge < -0.3 is 20.1 Å². The zero-order valence-electron chi connectivity index (χ0n) is 18.2. The van der Waals surface area contributed by atoms with E-state index in [1.807, 2.05) is 48.5 Å². The van der Waals surface area contributed by atoms with Gasteiger partial charge in [0.25, 0.3) is 0 Å². The van der Waals surface area contributed by atoms with Crippen LogP contribution in [-0.4, -0.2) is 50.4 Å². The highest BCUT2D eigenvalue weighted by atomic mass is 16.5. The highest BCUT2D eigenvalue weighted by molar-refractivity contribution is 5.89. The minimum Gasteiger partial charge on any atom is -0.492 e. The maximum absolute atomic E-state index is 12.2. The Morgan fingerprint density at radius 1 is 1.10 bits per heavy atom. The molecular formula is C24H33N3O3. The number of urea groups is 1. The Bertz CT molecular complexity index is 809. The molecule has 0 aliphatic carbocycles. The molecule has 1 aliphatic heterocycles. The Kier molecular flexibility index (Phi) is 7.71. The van der Waals surface area contributed by atoms with Crippen molar-refractivity contribution in [3.63, 3.8) is 0 Å². The summed E-state index contributed by atoms with van der Waals surface area (Å²) in [7, 11) is 0. The second-order valence-electron chi connectivity index (χ2n) is 8.58. The van der Waals surface area contributed by atoms with Gasteiger partial charge in [0.15, 0.2) is 0 Å². The third-order valence-electron chi connectivity index (χ3n) is 5.14. The van der Waals surface area contributed by atoms with E-state index in [4.69, 9.17) is 9.47 Å². The first-order valence-corrected chi connectivity index (χ1v) is 10.6. The van der Waals surface area contributed by atoms with Crippen molar-refractivity contribution < 1.29 is 14.3 Å². The average Bonchev–Trinajstić information content (AvgIpc) is 2.73. The van der Waals surface area contributed by atoms with Crippen molar-refractivity contribution in [3.05, 3.63) is 59.7 Å². The minimum atomic E-state index is -0.225. The van der Waals surface area contributed by atoms with Gasteiger partial charge in [-0.15, -0.1) is 0 Å². The number of hydrogen-bond donors (Lipinski definition) is 2. The van der Waals surface area contributed by atoms with Crippen LogP contribution < -0.4 is 15.4 Å². The molecule has 0 spiro atoms. The first-order valence-electron chi connectivity index (χ1n) is 10.6. The van der Waals surface area contributed by atoms with Crippen LogP contribution in [0.1, 0.15) is 31.9 Å². The molecule has 6 nitrogen and oxygen atoms in total. The molecule has 0 unspecified atom stereocenters. The number of rotatable bonds is 7. The lowest BCUT2D eigenvalue weighted by Crippen LogP contribution is -2.38. The molecular weight excluding hydrogens is 378 g/mol. The van der Waals surface area contributed by atoms with Gasteiger partial charge in [-0.05, 0) is 40.8 Å². The first kappa shape index (κ1) is 22.1. The van der Waals surface area contributed by atoms with E-state index in [0.717, 1.165) is 49.8 Å². The van der Waals surface area contributed by atoms with Gasteiger partial charge in [-0.1, -0.05) is 45.0 Å². The number of carbonyl (C=O) groups is 1. The Labute approximate surface area is 179 Å². The van der Waals surface area contributed by atoms with Gasteiger partial charge in [-0.3, -0.25) is 4.90 Å². The predicted molar refractivity (Wildman–Crippen MR) is 120 cm³/mol. The molecule has 1 heterocycles. The normalized spacial score (nSPS) is 14.9. The summed E-state index contributed by atoms with van der Waals surface area (Å²) in [5.41, 5.74) is 3.10. The molecule has 6 heteroatoms. The summed E-state index contributed by atoms with van der Waals surface area (Å²) in [6.07, 6.45) is 0. The molecule has 0 saturated carbocycles. The molecule has 0 radical (unpaired) electrons.